The van der Waals surface area contributed by atoms with E-state index in [4.69, 9.17) is 9.26 Å². The fourth-order valence-electron chi connectivity index (χ4n) is 2.54. The van der Waals surface area contributed by atoms with Crippen LogP contribution in [0.3, 0.4) is 0 Å². The molecular weight excluding hydrogens is 276 g/mol. The molecule has 7 nitrogen and oxygen atoms in total. The molecule has 1 aliphatic heterocycles. The van der Waals surface area contributed by atoms with Crippen LogP contribution in [0.15, 0.2) is 4.52 Å². The first kappa shape index (κ1) is 15.5. The summed E-state index contributed by atoms with van der Waals surface area (Å²) in [6, 6.07) is 0. The summed E-state index contributed by atoms with van der Waals surface area (Å²) in [4.78, 5) is 23.5. The number of aliphatic carboxylic acids is 1. The number of aromatic nitrogens is 1. The highest BCUT2D eigenvalue weighted by molar-refractivity contribution is 5.87. The number of carboxylic acids is 1. The van der Waals surface area contributed by atoms with Crippen molar-refractivity contribution in [3.05, 3.63) is 17.0 Å². The quantitative estimate of drug-likeness (QED) is 0.839. The topological polar surface area (TPSA) is 102 Å². The van der Waals surface area contributed by atoms with Crippen LogP contribution in [0.1, 0.15) is 36.3 Å². The lowest BCUT2D eigenvalue weighted by Gasteiger charge is -2.33. The number of nitrogens with one attached hydrogen (secondary N) is 1. The van der Waals surface area contributed by atoms with Gasteiger partial charge < -0.3 is 19.7 Å². The minimum atomic E-state index is -1.20. The zero-order valence-corrected chi connectivity index (χ0v) is 12.3. The first-order valence-electron chi connectivity index (χ1n) is 6.98. The van der Waals surface area contributed by atoms with Crippen LogP contribution in [0, 0.1) is 13.8 Å². The molecule has 1 fully saturated rings. The molecular formula is C14H20N2O5. The number of carbonyl (C=O) groups excluding carboxylic acids is 1. The number of hydrogen-bond acceptors (Lipinski definition) is 5. The first-order valence-corrected chi connectivity index (χ1v) is 6.98. The van der Waals surface area contributed by atoms with Crippen LogP contribution < -0.4 is 5.32 Å². The van der Waals surface area contributed by atoms with Gasteiger partial charge >= 0.3 is 5.97 Å². The molecule has 0 saturated carbocycles. The van der Waals surface area contributed by atoms with Gasteiger partial charge in [0.1, 0.15) is 11.3 Å². The van der Waals surface area contributed by atoms with Gasteiger partial charge in [-0.25, -0.2) is 4.79 Å². The maximum Gasteiger partial charge on any atom is 0.329 e. The second kappa shape index (κ2) is 6.26. The third-order valence-corrected chi connectivity index (χ3v) is 3.92. The minimum absolute atomic E-state index is 0.207. The summed E-state index contributed by atoms with van der Waals surface area (Å²) < 4.78 is 10.2. The molecule has 1 saturated heterocycles. The van der Waals surface area contributed by atoms with E-state index in [1.165, 1.54) is 0 Å². The summed E-state index contributed by atoms with van der Waals surface area (Å²) >= 11 is 0. The molecule has 2 rings (SSSR count). The van der Waals surface area contributed by atoms with Crippen LogP contribution in [0.5, 0.6) is 0 Å². The van der Waals surface area contributed by atoms with Crippen molar-refractivity contribution in [1.82, 2.24) is 10.5 Å². The lowest BCUT2D eigenvalue weighted by molar-refractivity contribution is -0.152. The molecule has 1 aromatic rings. The molecule has 0 spiro atoms. The standard InChI is InChI=1S/C14H20N2O5/c1-9-11(10(2)21-16-9)3-4-12(17)15-14(13(18)19)5-7-20-8-6-14/h3-8H2,1-2H3,(H,15,17)(H,18,19). The predicted octanol–water partition coefficient (Wildman–Crippen LogP) is 0.974. The molecule has 1 aromatic heterocycles. The molecule has 1 amide bonds. The Morgan fingerprint density at radius 3 is 2.52 bits per heavy atom. The van der Waals surface area contributed by atoms with Gasteiger partial charge in [-0.2, -0.15) is 0 Å². The van der Waals surface area contributed by atoms with E-state index >= 15 is 0 Å². The second-order valence-electron chi connectivity index (χ2n) is 5.35. The maximum absolute atomic E-state index is 12.1. The van der Waals surface area contributed by atoms with Crippen molar-refractivity contribution in [2.24, 2.45) is 0 Å². The molecule has 0 atom stereocenters. The smallest absolute Gasteiger partial charge is 0.329 e. The van der Waals surface area contributed by atoms with Crippen LogP contribution in [0.2, 0.25) is 0 Å². The fraction of sp³-hybridized carbons (Fsp3) is 0.643. The first-order chi connectivity index (χ1) is 9.94. The summed E-state index contributed by atoms with van der Waals surface area (Å²) in [5, 5.41) is 15.9. The van der Waals surface area contributed by atoms with E-state index in [2.05, 4.69) is 10.5 Å². The van der Waals surface area contributed by atoms with Gasteiger partial charge in [-0.05, 0) is 20.3 Å². The van der Waals surface area contributed by atoms with Gasteiger partial charge in [0.2, 0.25) is 5.91 Å². The number of amides is 1. The van der Waals surface area contributed by atoms with Crippen molar-refractivity contribution in [2.75, 3.05) is 13.2 Å². The lowest BCUT2D eigenvalue weighted by Crippen LogP contribution is -2.57. The van der Waals surface area contributed by atoms with Crippen LogP contribution >= 0.6 is 0 Å². The van der Waals surface area contributed by atoms with Gasteiger partial charge in [-0.15, -0.1) is 0 Å². The SMILES string of the molecule is Cc1noc(C)c1CCC(=O)NC1(C(=O)O)CCOCC1. The second-order valence-corrected chi connectivity index (χ2v) is 5.35. The van der Waals surface area contributed by atoms with Crippen LogP contribution in [0.4, 0.5) is 0 Å². The Morgan fingerprint density at radius 2 is 2.00 bits per heavy atom. The molecule has 21 heavy (non-hydrogen) atoms. The van der Waals surface area contributed by atoms with E-state index < -0.39 is 11.5 Å². The van der Waals surface area contributed by atoms with Gasteiger partial charge in [0, 0.05) is 38.0 Å². The number of rotatable bonds is 5. The average Bonchev–Trinajstić information content (AvgIpc) is 2.76. The van der Waals surface area contributed by atoms with Crippen LogP contribution in [-0.2, 0) is 20.7 Å². The molecule has 2 N–H and O–H groups in total. The van der Waals surface area contributed by atoms with Gasteiger partial charge in [0.25, 0.3) is 0 Å². The monoisotopic (exact) mass is 296 g/mol. The fourth-order valence-corrected chi connectivity index (χ4v) is 2.54. The maximum atomic E-state index is 12.1. The van der Waals surface area contributed by atoms with E-state index in [0.717, 1.165) is 11.3 Å². The molecule has 0 radical (unpaired) electrons. The van der Waals surface area contributed by atoms with Gasteiger partial charge in [0.05, 0.1) is 5.69 Å². The van der Waals surface area contributed by atoms with E-state index in [-0.39, 0.29) is 12.3 Å². The Kier molecular flexibility index (Phi) is 4.62. The van der Waals surface area contributed by atoms with E-state index in [1.807, 2.05) is 6.92 Å². The Hall–Kier alpha value is -1.89. The highest BCUT2D eigenvalue weighted by Gasteiger charge is 2.41. The third-order valence-electron chi connectivity index (χ3n) is 3.92. The number of ether oxygens (including phenoxy) is 1. The highest BCUT2D eigenvalue weighted by Crippen LogP contribution is 2.22. The number of hydrogen-bond donors (Lipinski definition) is 2. The predicted molar refractivity (Wildman–Crippen MR) is 72.9 cm³/mol. The van der Waals surface area contributed by atoms with Crippen molar-refractivity contribution in [3.63, 3.8) is 0 Å². The van der Waals surface area contributed by atoms with Crippen LogP contribution in [-0.4, -0.2) is 40.9 Å². The summed E-state index contributed by atoms with van der Waals surface area (Å²) in [5.74, 6) is -0.588. The van der Waals surface area contributed by atoms with E-state index in [9.17, 15) is 14.7 Å². The van der Waals surface area contributed by atoms with Crippen molar-refractivity contribution in [2.45, 2.75) is 45.1 Å². The van der Waals surface area contributed by atoms with Crippen LogP contribution in [0.25, 0.3) is 0 Å². The Morgan fingerprint density at radius 1 is 1.33 bits per heavy atom. The van der Waals surface area contributed by atoms with Crippen molar-refractivity contribution in [3.8, 4) is 0 Å². The van der Waals surface area contributed by atoms with E-state index in [1.54, 1.807) is 6.92 Å². The summed E-state index contributed by atoms with van der Waals surface area (Å²) in [5.41, 5.74) is 0.467. The molecule has 0 unspecified atom stereocenters. The average molecular weight is 296 g/mol. The van der Waals surface area contributed by atoms with Gasteiger partial charge in [-0.3, -0.25) is 4.79 Å². The van der Waals surface area contributed by atoms with Gasteiger partial charge in [-0.1, -0.05) is 5.16 Å². The number of carboxylic acid groups (broad SMARTS) is 1. The highest BCUT2D eigenvalue weighted by atomic mass is 16.5. The van der Waals surface area contributed by atoms with Crippen molar-refractivity contribution < 1.29 is 24.0 Å². The third kappa shape index (κ3) is 3.41. The zero-order valence-electron chi connectivity index (χ0n) is 12.3. The molecule has 1 aliphatic rings. The number of nitrogens with zero attached hydrogens (tertiary/aromatic N) is 1. The Labute approximate surface area is 122 Å². The number of carbonyl (C=O) groups is 2. The van der Waals surface area contributed by atoms with Gasteiger partial charge in [0.15, 0.2) is 0 Å². The Balaban J connectivity index is 1.95. The minimum Gasteiger partial charge on any atom is -0.480 e. The molecule has 116 valence electrons. The number of aryl methyl sites for hydroxylation is 2. The Bertz CT molecular complexity index is 512. The molecule has 0 aromatic carbocycles. The lowest BCUT2D eigenvalue weighted by atomic mass is 9.90. The summed E-state index contributed by atoms with van der Waals surface area (Å²) in [6.07, 6.45) is 1.27. The molecule has 2 heterocycles. The summed E-state index contributed by atoms with van der Waals surface area (Å²) in [7, 11) is 0. The zero-order chi connectivity index (χ0) is 15.5. The molecule has 7 heteroatoms. The normalized spacial score (nSPS) is 17.4. The van der Waals surface area contributed by atoms with Crippen molar-refractivity contribution in [1.29, 1.82) is 0 Å². The van der Waals surface area contributed by atoms with E-state index in [0.29, 0.717) is 38.2 Å². The molecule has 0 bridgehead atoms. The van der Waals surface area contributed by atoms with Crippen molar-refractivity contribution >= 4 is 11.9 Å². The largest absolute Gasteiger partial charge is 0.480 e. The molecule has 0 aliphatic carbocycles. The summed E-state index contributed by atoms with van der Waals surface area (Å²) in [6.45, 7) is 4.30.